The van der Waals surface area contributed by atoms with Crippen LogP contribution < -0.4 is 4.74 Å². The Bertz CT molecular complexity index is 1120. The number of hydrazone groups is 1. The van der Waals surface area contributed by atoms with Crippen LogP contribution in [0.25, 0.3) is 0 Å². The summed E-state index contributed by atoms with van der Waals surface area (Å²) >= 11 is 0. The molecule has 2 aliphatic rings. The lowest BCUT2D eigenvalue weighted by molar-refractivity contribution is -0.385. The van der Waals surface area contributed by atoms with E-state index < -0.39 is 10.9 Å². The van der Waals surface area contributed by atoms with Gasteiger partial charge in [0.1, 0.15) is 5.75 Å². The van der Waals surface area contributed by atoms with Crippen LogP contribution in [0.5, 0.6) is 5.75 Å². The first-order chi connectivity index (χ1) is 15.4. The Morgan fingerprint density at radius 3 is 2.84 bits per heavy atom. The second-order valence-electron chi connectivity index (χ2n) is 7.83. The van der Waals surface area contributed by atoms with Gasteiger partial charge in [-0.2, -0.15) is 5.10 Å². The quantitative estimate of drug-likeness (QED) is 0.289. The van der Waals surface area contributed by atoms with Gasteiger partial charge in [0.15, 0.2) is 0 Å². The smallest absolute Gasteiger partial charge is 0.332 e. The zero-order chi connectivity index (χ0) is 22.8. The summed E-state index contributed by atoms with van der Waals surface area (Å²) in [5, 5.41) is 18.1. The Balaban J connectivity index is 1.80. The van der Waals surface area contributed by atoms with Gasteiger partial charge >= 0.3 is 5.97 Å². The molecule has 0 bridgehead atoms. The molecule has 0 fully saturated rings. The molecule has 0 spiro atoms. The predicted octanol–water partition coefficient (Wildman–Crippen LogP) is 4.39. The van der Waals surface area contributed by atoms with Gasteiger partial charge in [-0.15, -0.1) is 0 Å². The number of allylic oxidation sites excluding steroid dienone is 1. The van der Waals surface area contributed by atoms with Crippen molar-refractivity contribution >= 4 is 17.4 Å². The lowest BCUT2D eigenvalue weighted by Crippen LogP contribution is -2.28. The van der Waals surface area contributed by atoms with Crippen molar-refractivity contribution in [2.45, 2.75) is 32.7 Å². The van der Waals surface area contributed by atoms with Crippen molar-refractivity contribution in [1.29, 1.82) is 0 Å². The van der Waals surface area contributed by atoms with Crippen LogP contribution >= 0.6 is 0 Å². The molecule has 1 heterocycles. The Labute approximate surface area is 186 Å². The molecule has 2 aromatic carbocycles. The molecule has 0 radical (unpaired) electrons. The normalized spacial score (nSPS) is 19.7. The highest BCUT2D eigenvalue weighted by Gasteiger charge is 2.42. The van der Waals surface area contributed by atoms with Crippen LogP contribution in [-0.2, 0) is 16.0 Å². The molecule has 4 rings (SSSR count). The molecular weight excluding hydrogens is 410 g/mol. The first kappa shape index (κ1) is 21.5. The van der Waals surface area contributed by atoms with E-state index in [1.54, 1.807) is 38.1 Å². The molecule has 0 N–H and O–H groups in total. The minimum atomic E-state index is -0.442. The highest BCUT2D eigenvalue weighted by molar-refractivity contribution is 6.06. The monoisotopic (exact) mass is 435 g/mol. The molecule has 1 aliphatic carbocycles. The summed E-state index contributed by atoms with van der Waals surface area (Å²) in [6.07, 6.45) is 3.09. The number of fused-ring (bicyclic) bond motifs is 3. The lowest BCUT2D eigenvalue weighted by atomic mass is 9.77. The molecule has 0 amide bonds. The van der Waals surface area contributed by atoms with Crippen molar-refractivity contribution < 1.29 is 19.2 Å². The summed E-state index contributed by atoms with van der Waals surface area (Å²) in [5.74, 6) is 0.387. The first-order valence-electron chi connectivity index (χ1n) is 10.6. The summed E-state index contributed by atoms with van der Waals surface area (Å²) in [7, 11) is 1.64. The second kappa shape index (κ2) is 8.82. The summed E-state index contributed by atoms with van der Waals surface area (Å²) in [6.45, 7) is 3.84. The molecule has 2 aromatic rings. The van der Waals surface area contributed by atoms with Crippen LogP contribution in [0.1, 0.15) is 43.0 Å². The zero-order valence-electron chi connectivity index (χ0n) is 18.3. The molecule has 166 valence electrons. The van der Waals surface area contributed by atoms with E-state index in [0.29, 0.717) is 5.70 Å². The number of esters is 1. The third kappa shape index (κ3) is 3.95. The summed E-state index contributed by atoms with van der Waals surface area (Å²) < 4.78 is 10.4. The van der Waals surface area contributed by atoms with E-state index in [1.165, 1.54) is 12.1 Å². The molecule has 0 saturated heterocycles. The SMILES string of the molecule is CCOC(=O)/C=C(/C)N1N=C2c3ccc(OC)cc3CC[C@@H]2[C@@H]1c1cccc([N+](=O)[O-])c1. The highest BCUT2D eigenvalue weighted by Crippen LogP contribution is 2.45. The minimum absolute atomic E-state index is 0.0310. The Hall–Kier alpha value is -3.68. The predicted molar refractivity (Wildman–Crippen MR) is 119 cm³/mol. The number of nitrogens with zero attached hydrogens (tertiary/aromatic N) is 3. The second-order valence-corrected chi connectivity index (χ2v) is 7.83. The van der Waals surface area contributed by atoms with E-state index in [1.807, 2.05) is 24.3 Å². The Morgan fingerprint density at radius 1 is 1.31 bits per heavy atom. The van der Waals surface area contributed by atoms with Crippen molar-refractivity contribution in [1.82, 2.24) is 5.01 Å². The Kier molecular flexibility index (Phi) is 5.94. The maximum Gasteiger partial charge on any atom is 0.332 e. The molecule has 32 heavy (non-hydrogen) atoms. The van der Waals surface area contributed by atoms with Crippen LogP contribution in [0.3, 0.4) is 0 Å². The number of carbonyl (C=O) groups excluding carboxylic acids is 1. The van der Waals surface area contributed by atoms with Gasteiger partial charge in [-0.3, -0.25) is 15.1 Å². The van der Waals surface area contributed by atoms with Crippen LogP contribution in [0.15, 0.2) is 59.3 Å². The Morgan fingerprint density at radius 2 is 2.12 bits per heavy atom. The topological polar surface area (TPSA) is 94.3 Å². The van der Waals surface area contributed by atoms with E-state index in [-0.39, 0.29) is 24.3 Å². The molecule has 1 aliphatic heterocycles. The van der Waals surface area contributed by atoms with Crippen molar-refractivity contribution in [3.05, 3.63) is 81.0 Å². The van der Waals surface area contributed by atoms with Crippen LogP contribution in [0.2, 0.25) is 0 Å². The van der Waals surface area contributed by atoms with Gasteiger partial charge in [0.05, 0.1) is 30.4 Å². The van der Waals surface area contributed by atoms with Gasteiger partial charge < -0.3 is 9.47 Å². The van der Waals surface area contributed by atoms with E-state index in [0.717, 1.165) is 41.0 Å². The van der Waals surface area contributed by atoms with Crippen molar-refractivity contribution in [3.63, 3.8) is 0 Å². The number of non-ortho nitro benzene ring substituents is 1. The van der Waals surface area contributed by atoms with Crippen molar-refractivity contribution in [2.75, 3.05) is 13.7 Å². The van der Waals surface area contributed by atoms with Gasteiger partial charge in [-0.1, -0.05) is 12.1 Å². The standard InChI is InChI=1S/C24H25N3O5/c1-4-32-22(28)12-15(2)26-24(17-6-5-7-18(13-17)27(29)30)21-10-8-16-14-19(31-3)9-11-20(16)23(21)25-26/h5-7,9,11-14,21,24H,4,8,10H2,1-3H3/b15-12-/t21-,24-/m0/s1. The van der Waals surface area contributed by atoms with E-state index in [4.69, 9.17) is 14.6 Å². The third-order valence-corrected chi connectivity index (χ3v) is 5.92. The van der Waals surface area contributed by atoms with Gasteiger partial charge in [-0.25, -0.2) is 4.79 Å². The summed E-state index contributed by atoms with van der Waals surface area (Å²) in [5.41, 5.74) is 4.56. The van der Waals surface area contributed by atoms with Crippen molar-refractivity contribution in [3.8, 4) is 5.75 Å². The molecule has 8 heteroatoms. The maximum atomic E-state index is 12.1. The average molecular weight is 435 g/mol. The first-order valence-corrected chi connectivity index (χ1v) is 10.6. The van der Waals surface area contributed by atoms with E-state index in [9.17, 15) is 14.9 Å². The number of ether oxygens (including phenoxy) is 2. The van der Waals surface area contributed by atoms with E-state index in [2.05, 4.69) is 0 Å². The molecule has 0 aromatic heterocycles. The fourth-order valence-electron chi connectivity index (χ4n) is 4.50. The van der Waals surface area contributed by atoms with Crippen LogP contribution in [0.4, 0.5) is 5.69 Å². The number of benzene rings is 2. The fraction of sp³-hybridized carbons (Fsp3) is 0.333. The number of nitro benzene ring substituents is 1. The molecule has 0 unspecified atom stereocenters. The summed E-state index contributed by atoms with van der Waals surface area (Å²) in [4.78, 5) is 23.1. The zero-order valence-corrected chi connectivity index (χ0v) is 18.3. The number of methoxy groups -OCH3 is 1. The number of carbonyl (C=O) groups is 1. The largest absolute Gasteiger partial charge is 0.497 e. The number of rotatable bonds is 6. The maximum absolute atomic E-state index is 12.1. The minimum Gasteiger partial charge on any atom is -0.497 e. The van der Waals surface area contributed by atoms with Crippen LogP contribution in [0, 0.1) is 16.0 Å². The van der Waals surface area contributed by atoms with E-state index >= 15 is 0 Å². The summed E-state index contributed by atoms with van der Waals surface area (Å²) in [6, 6.07) is 12.3. The average Bonchev–Trinajstić information content (AvgIpc) is 3.19. The highest BCUT2D eigenvalue weighted by atomic mass is 16.6. The molecule has 2 atom stereocenters. The molecular formula is C24H25N3O5. The number of nitro groups is 1. The number of hydrogen-bond acceptors (Lipinski definition) is 7. The third-order valence-electron chi connectivity index (χ3n) is 5.92. The van der Waals surface area contributed by atoms with Gasteiger partial charge in [-0.05, 0) is 56.0 Å². The van der Waals surface area contributed by atoms with Gasteiger partial charge in [0.25, 0.3) is 5.69 Å². The number of aryl methyl sites for hydroxylation is 1. The van der Waals surface area contributed by atoms with Crippen LogP contribution in [-0.4, -0.2) is 35.3 Å². The number of hydrogen-bond donors (Lipinski definition) is 0. The molecule has 8 nitrogen and oxygen atoms in total. The van der Waals surface area contributed by atoms with Crippen molar-refractivity contribution in [2.24, 2.45) is 11.0 Å². The fourth-order valence-corrected chi connectivity index (χ4v) is 4.50. The van der Waals surface area contributed by atoms with Gasteiger partial charge in [0.2, 0.25) is 0 Å². The molecule has 0 saturated carbocycles. The van der Waals surface area contributed by atoms with Gasteiger partial charge in [0, 0.05) is 35.4 Å². The lowest BCUT2D eigenvalue weighted by Gasteiger charge is -2.31.